The normalized spacial score (nSPS) is 51.8. The van der Waals surface area contributed by atoms with Crippen molar-refractivity contribution in [2.75, 3.05) is 6.61 Å². The molecule has 1 spiro atoms. The number of fused-ring (bicyclic) bond motifs is 2. The van der Waals surface area contributed by atoms with Crippen LogP contribution < -0.4 is 0 Å². The second-order valence-corrected chi connectivity index (χ2v) is 8.85. The number of rotatable bonds is 5. The van der Waals surface area contributed by atoms with Crippen molar-refractivity contribution >= 4 is 0 Å². The molecule has 1 saturated carbocycles. The summed E-state index contributed by atoms with van der Waals surface area (Å²) in [4.78, 5) is 12.0. The lowest BCUT2D eigenvalue weighted by Gasteiger charge is -2.60. The molecule has 4 saturated heterocycles. The molecule has 8 atom stereocenters. The summed E-state index contributed by atoms with van der Waals surface area (Å²) >= 11 is 0. The molecule has 4 aliphatic heterocycles. The zero-order chi connectivity index (χ0) is 17.7. The highest BCUT2D eigenvalue weighted by atomic mass is 17.3. The summed E-state index contributed by atoms with van der Waals surface area (Å²) in [7, 11) is 0. The molecule has 0 N–H and O–H groups in total. The van der Waals surface area contributed by atoms with Crippen LogP contribution in [0.5, 0.6) is 0 Å². The van der Waals surface area contributed by atoms with Crippen molar-refractivity contribution in [2.24, 2.45) is 23.7 Å². The molecule has 0 aromatic carbocycles. The summed E-state index contributed by atoms with van der Waals surface area (Å²) in [6, 6.07) is 0. The summed E-state index contributed by atoms with van der Waals surface area (Å²) in [6.07, 6.45) is 7.16. The van der Waals surface area contributed by atoms with E-state index in [4.69, 9.17) is 24.0 Å². The van der Waals surface area contributed by atoms with Crippen LogP contribution in [-0.4, -0.2) is 30.6 Å². The zero-order valence-electron chi connectivity index (χ0n) is 16.2. The van der Waals surface area contributed by atoms with Crippen molar-refractivity contribution < 1.29 is 24.0 Å². The number of unbranched alkanes of at least 4 members (excludes halogenated alkanes) is 2. The molecule has 1 unspecified atom stereocenters. The van der Waals surface area contributed by atoms with E-state index in [1.807, 2.05) is 6.92 Å². The highest BCUT2D eigenvalue weighted by Gasteiger charge is 2.69. The highest BCUT2D eigenvalue weighted by molar-refractivity contribution is 5.09. The topological polar surface area (TPSA) is 46.2 Å². The fourth-order valence-electron chi connectivity index (χ4n) is 5.61. The monoisotopic (exact) mass is 354 g/mol. The first-order chi connectivity index (χ1) is 12.0. The summed E-state index contributed by atoms with van der Waals surface area (Å²) in [5.74, 6) is 0.951. The maximum Gasteiger partial charge on any atom is 0.201 e. The molecule has 144 valence electrons. The minimum atomic E-state index is -0.704. The Balaban J connectivity index is 1.58. The fourth-order valence-corrected chi connectivity index (χ4v) is 5.61. The van der Waals surface area contributed by atoms with E-state index in [-0.39, 0.29) is 18.5 Å². The summed E-state index contributed by atoms with van der Waals surface area (Å²) in [5, 5.41) is 0. The predicted molar refractivity (Wildman–Crippen MR) is 92.3 cm³/mol. The molecular weight excluding hydrogens is 320 g/mol. The molecule has 1 aliphatic carbocycles. The van der Waals surface area contributed by atoms with Crippen LogP contribution >= 0.6 is 0 Å². The van der Waals surface area contributed by atoms with Crippen LogP contribution in [0.1, 0.15) is 72.6 Å². The first kappa shape index (κ1) is 18.2. The maximum atomic E-state index is 6.39. The lowest BCUT2D eigenvalue weighted by molar-refractivity contribution is -0.577. The minimum absolute atomic E-state index is 0.210. The highest BCUT2D eigenvalue weighted by Crippen LogP contribution is 2.60. The van der Waals surface area contributed by atoms with Crippen LogP contribution in [-0.2, 0) is 24.0 Å². The molecular formula is C20H34O5. The summed E-state index contributed by atoms with van der Waals surface area (Å²) in [5.41, 5.74) is -0.476. The van der Waals surface area contributed by atoms with Crippen molar-refractivity contribution in [3.05, 3.63) is 0 Å². The zero-order valence-corrected chi connectivity index (χ0v) is 16.2. The van der Waals surface area contributed by atoms with E-state index in [1.165, 1.54) is 19.3 Å². The molecule has 0 aromatic heterocycles. The van der Waals surface area contributed by atoms with Gasteiger partial charge in [-0.3, -0.25) is 0 Å². The molecule has 5 fully saturated rings. The number of ether oxygens (including phenoxy) is 3. The molecule has 0 aromatic rings. The third kappa shape index (κ3) is 2.87. The van der Waals surface area contributed by atoms with Crippen LogP contribution in [0.25, 0.3) is 0 Å². The SMILES string of the molecule is CCCCCOC1O[C@@H]2O[C@@]3(C)CC[C@H]4[C@H](C)CC[C@@H]([C@H]1C)[C@@]24OO3. The van der Waals surface area contributed by atoms with E-state index in [0.717, 1.165) is 32.3 Å². The molecule has 5 heteroatoms. The van der Waals surface area contributed by atoms with Gasteiger partial charge in [-0.1, -0.05) is 33.6 Å². The van der Waals surface area contributed by atoms with Crippen LogP contribution in [0.15, 0.2) is 0 Å². The smallest absolute Gasteiger partial charge is 0.201 e. The van der Waals surface area contributed by atoms with Gasteiger partial charge < -0.3 is 14.2 Å². The Morgan fingerprint density at radius 1 is 1.04 bits per heavy atom. The second kappa shape index (κ2) is 6.75. The second-order valence-electron chi connectivity index (χ2n) is 8.85. The number of hydrogen-bond acceptors (Lipinski definition) is 5. The minimum Gasteiger partial charge on any atom is -0.352 e. The van der Waals surface area contributed by atoms with E-state index in [1.54, 1.807) is 0 Å². The van der Waals surface area contributed by atoms with Gasteiger partial charge in [0.2, 0.25) is 5.79 Å². The van der Waals surface area contributed by atoms with Gasteiger partial charge in [-0.25, -0.2) is 9.78 Å². The van der Waals surface area contributed by atoms with Gasteiger partial charge in [-0.15, -0.1) is 0 Å². The molecule has 2 bridgehead atoms. The van der Waals surface area contributed by atoms with Gasteiger partial charge in [0.05, 0.1) is 0 Å². The van der Waals surface area contributed by atoms with Crippen molar-refractivity contribution in [3.63, 3.8) is 0 Å². The molecule has 0 amide bonds. The van der Waals surface area contributed by atoms with Crippen LogP contribution in [0.3, 0.4) is 0 Å². The fraction of sp³-hybridized carbons (Fsp3) is 1.00. The van der Waals surface area contributed by atoms with Crippen LogP contribution in [0.2, 0.25) is 0 Å². The van der Waals surface area contributed by atoms with E-state index < -0.39 is 11.4 Å². The maximum absolute atomic E-state index is 6.39. The van der Waals surface area contributed by atoms with Crippen LogP contribution in [0.4, 0.5) is 0 Å². The van der Waals surface area contributed by atoms with Crippen molar-refractivity contribution in [1.82, 2.24) is 0 Å². The lowest BCUT2D eigenvalue weighted by Crippen LogP contribution is -2.70. The third-order valence-electron chi connectivity index (χ3n) is 7.13. The third-order valence-corrected chi connectivity index (χ3v) is 7.13. The Bertz CT molecular complexity index is 485. The largest absolute Gasteiger partial charge is 0.352 e. The van der Waals surface area contributed by atoms with Gasteiger partial charge in [0.25, 0.3) is 0 Å². The average molecular weight is 354 g/mol. The molecule has 5 aliphatic rings. The predicted octanol–water partition coefficient (Wildman–Crippen LogP) is 4.40. The van der Waals surface area contributed by atoms with E-state index >= 15 is 0 Å². The van der Waals surface area contributed by atoms with Gasteiger partial charge in [0.15, 0.2) is 18.2 Å². The average Bonchev–Trinajstić information content (AvgIpc) is 2.82. The standard InChI is InChI=1S/C20H34O5/c1-5-6-7-12-21-17-14(3)16-9-8-13(2)15-10-11-19(4)23-18(22-17)20(15,16)25-24-19/h13-18H,5-12H2,1-4H3/t13-,14-,15+,16+,17?,18-,19-,20-/m1/s1. The molecule has 0 radical (unpaired) electrons. The van der Waals surface area contributed by atoms with Gasteiger partial charge >= 0.3 is 0 Å². The molecule has 5 rings (SSSR count). The quantitative estimate of drug-likeness (QED) is 0.541. The Labute approximate surface area is 151 Å². The van der Waals surface area contributed by atoms with Gasteiger partial charge in [-0.2, -0.15) is 0 Å². The van der Waals surface area contributed by atoms with E-state index in [0.29, 0.717) is 17.8 Å². The van der Waals surface area contributed by atoms with E-state index in [9.17, 15) is 0 Å². The molecule has 4 heterocycles. The van der Waals surface area contributed by atoms with Gasteiger partial charge in [0, 0.05) is 24.9 Å². The van der Waals surface area contributed by atoms with Gasteiger partial charge in [0.1, 0.15) is 0 Å². The molecule has 5 nitrogen and oxygen atoms in total. The molecule has 25 heavy (non-hydrogen) atoms. The lowest BCUT2D eigenvalue weighted by atomic mass is 9.58. The first-order valence-electron chi connectivity index (χ1n) is 10.3. The Kier molecular flexibility index (Phi) is 4.91. The van der Waals surface area contributed by atoms with Crippen LogP contribution in [0, 0.1) is 23.7 Å². The van der Waals surface area contributed by atoms with Gasteiger partial charge in [-0.05, 0) is 44.4 Å². The van der Waals surface area contributed by atoms with Crippen molar-refractivity contribution in [2.45, 2.75) is 96.6 Å². The Hall–Kier alpha value is -0.200. The van der Waals surface area contributed by atoms with Crippen molar-refractivity contribution in [1.29, 1.82) is 0 Å². The Morgan fingerprint density at radius 2 is 1.88 bits per heavy atom. The van der Waals surface area contributed by atoms with E-state index in [2.05, 4.69) is 20.8 Å². The van der Waals surface area contributed by atoms with Crippen molar-refractivity contribution in [3.8, 4) is 0 Å². The Morgan fingerprint density at radius 3 is 2.68 bits per heavy atom. The number of hydrogen-bond donors (Lipinski definition) is 0. The first-order valence-corrected chi connectivity index (χ1v) is 10.3. The summed E-state index contributed by atoms with van der Waals surface area (Å²) in [6.45, 7) is 9.52. The summed E-state index contributed by atoms with van der Waals surface area (Å²) < 4.78 is 18.9.